The van der Waals surface area contributed by atoms with Crippen LogP contribution < -0.4 is 4.74 Å². The van der Waals surface area contributed by atoms with E-state index in [1.807, 2.05) is 42.5 Å². The zero-order valence-corrected chi connectivity index (χ0v) is 13.4. The van der Waals surface area contributed by atoms with Gasteiger partial charge in [0.25, 0.3) is 0 Å². The molecule has 0 aromatic heterocycles. The number of aliphatic carboxylic acids is 1. The lowest BCUT2D eigenvalue weighted by Gasteiger charge is -2.04. The van der Waals surface area contributed by atoms with E-state index in [9.17, 15) is 9.59 Å². The van der Waals surface area contributed by atoms with Crippen LogP contribution in [0.4, 0.5) is 0 Å². The Labute approximate surface area is 145 Å². The molecule has 0 atom stereocenters. The predicted octanol–water partition coefficient (Wildman–Crippen LogP) is 4.20. The first-order valence-electron chi connectivity index (χ1n) is 7.78. The molecule has 3 aromatic carbocycles. The first kappa shape index (κ1) is 16.5. The van der Waals surface area contributed by atoms with Gasteiger partial charge in [0, 0.05) is 5.56 Å². The van der Waals surface area contributed by atoms with E-state index >= 15 is 0 Å². The molecule has 3 rings (SSSR count). The summed E-state index contributed by atoms with van der Waals surface area (Å²) in [5.74, 6) is -0.757. The largest absolute Gasteiger partial charge is 0.482 e. The summed E-state index contributed by atoms with van der Waals surface area (Å²) in [5.41, 5.74) is 1.49. The van der Waals surface area contributed by atoms with Gasteiger partial charge in [-0.2, -0.15) is 0 Å². The van der Waals surface area contributed by atoms with Crippen molar-refractivity contribution in [2.24, 2.45) is 0 Å². The Bertz CT molecular complexity index is 934. The first-order valence-corrected chi connectivity index (χ1v) is 7.78. The zero-order valence-electron chi connectivity index (χ0n) is 13.4. The highest BCUT2D eigenvalue weighted by Crippen LogP contribution is 2.20. The Hall–Kier alpha value is -3.40. The Morgan fingerprint density at radius 1 is 0.920 bits per heavy atom. The van der Waals surface area contributed by atoms with Crippen LogP contribution in [-0.2, 0) is 4.79 Å². The van der Waals surface area contributed by atoms with Gasteiger partial charge in [-0.15, -0.1) is 0 Å². The van der Waals surface area contributed by atoms with Crippen molar-refractivity contribution in [2.45, 2.75) is 0 Å². The lowest BCUT2D eigenvalue weighted by atomic mass is 10.0. The summed E-state index contributed by atoms with van der Waals surface area (Å²) in [7, 11) is 0. The molecule has 25 heavy (non-hydrogen) atoms. The molecule has 0 aliphatic rings. The number of carboxylic acids is 1. The maximum atomic E-state index is 12.3. The Morgan fingerprint density at radius 3 is 2.40 bits per heavy atom. The normalized spacial score (nSPS) is 10.9. The van der Waals surface area contributed by atoms with Gasteiger partial charge in [-0.3, -0.25) is 4.79 Å². The third-order valence-corrected chi connectivity index (χ3v) is 3.74. The molecule has 3 aromatic rings. The summed E-state index contributed by atoms with van der Waals surface area (Å²) in [4.78, 5) is 22.8. The standard InChI is InChI=1S/C21H16O4/c22-20(17-8-11-18(12-9-17)25-14-21(23)24)13-10-16-6-3-5-15-4-1-2-7-19(15)16/h1-13H,14H2,(H,23,24)/b13-10-. The molecule has 0 bridgehead atoms. The predicted molar refractivity (Wildman–Crippen MR) is 96.9 cm³/mol. The Morgan fingerprint density at radius 2 is 1.64 bits per heavy atom. The van der Waals surface area contributed by atoms with Gasteiger partial charge in [0.05, 0.1) is 0 Å². The number of ether oxygens (including phenoxy) is 1. The summed E-state index contributed by atoms with van der Waals surface area (Å²) in [6, 6.07) is 20.4. The lowest BCUT2D eigenvalue weighted by molar-refractivity contribution is -0.139. The van der Waals surface area contributed by atoms with Gasteiger partial charge in [0.1, 0.15) is 5.75 Å². The molecular weight excluding hydrogens is 316 g/mol. The van der Waals surface area contributed by atoms with Crippen LogP contribution in [0.5, 0.6) is 5.75 Å². The number of rotatable bonds is 6. The topological polar surface area (TPSA) is 63.6 Å². The van der Waals surface area contributed by atoms with E-state index in [2.05, 4.69) is 0 Å². The molecule has 4 nitrogen and oxygen atoms in total. The molecule has 4 heteroatoms. The fourth-order valence-corrected chi connectivity index (χ4v) is 2.52. The van der Waals surface area contributed by atoms with Gasteiger partial charge in [-0.1, -0.05) is 48.5 Å². The molecule has 0 fully saturated rings. The van der Waals surface area contributed by atoms with E-state index in [1.54, 1.807) is 30.3 Å². The highest BCUT2D eigenvalue weighted by molar-refractivity contribution is 6.07. The molecule has 0 aliphatic heterocycles. The van der Waals surface area contributed by atoms with E-state index in [-0.39, 0.29) is 5.78 Å². The van der Waals surface area contributed by atoms with Crippen LogP contribution in [-0.4, -0.2) is 23.5 Å². The van der Waals surface area contributed by atoms with Gasteiger partial charge in [-0.05, 0) is 46.7 Å². The van der Waals surface area contributed by atoms with E-state index in [1.165, 1.54) is 6.08 Å². The smallest absolute Gasteiger partial charge is 0.341 e. The van der Waals surface area contributed by atoms with Crippen molar-refractivity contribution < 1.29 is 19.4 Å². The number of carboxylic acid groups (broad SMARTS) is 1. The van der Waals surface area contributed by atoms with Gasteiger partial charge < -0.3 is 9.84 Å². The Kier molecular flexibility index (Phi) is 4.90. The van der Waals surface area contributed by atoms with Gasteiger partial charge >= 0.3 is 5.97 Å². The average molecular weight is 332 g/mol. The van der Waals surface area contributed by atoms with E-state index in [0.29, 0.717) is 11.3 Å². The number of fused-ring (bicyclic) bond motifs is 1. The minimum atomic E-state index is -1.04. The number of hydrogen-bond donors (Lipinski definition) is 1. The van der Waals surface area contributed by atoms with Crippen LogP contribution in [0.2, 0.25) is 0 Å². The van der Waals surface area contributed by atoms with Crippen molar-refractivity contribution in [3.8, 4) is 5.75 Å². The number of benzene rings is 3. The van der Waals surface area contributed by atoms with Crippen molar-refractivity contribution in [1.82, 2.24) is 0 Å². The molecule has 0 heterocycles. The number of ketones is 1. The first-order chi connectivity index (χ1) is 12.1. The van der Waals surface area contributed by atoms with E-state index < -0.39 is 12.6 Å². The molecule has 0 unspecified atom stereocenters. The number of allylic oxidation sites excluding steroid dienone is 1. The minimum Gasteiger partial charge on any atom is -0.482 e. The second kappa shape index (κ2) is 7.45. The highest BCUT2D eigenvalue weighted by atomic mass is 16.5. The fourth-order valence-electron chi connectivity index (χ4n) is 2.52. The molecule has 0 spiro atoms. The van der Waals surface area contributed by atoms with Crippen molar-refractivity contribution >= 4 is 28.6 Å². The quantitative estimate of drug-likeness (QED) is 0.543. The maximum Gasteiger partial charge on any atom is 0.341 e. The molecule has 0 aliphatic carbocycles. The van der Waals surface area contributed by atoms with Crippen molar-refractivity contribution in [1.29, 1.82) is 0 Å². The number of carbonyl (C=O) groups is 2. The molecule has 0 saturated carbocycles. The average Bonchev–Trinajstić information content (AvgIpc) is 2.64. The SMILES string of the molecule is O=C(O)COc1ccc(C(=O)/C=C\c2cccc3ccccc23)cc1. The number of hydrogen-bond acceptors (Lipinski definition) is 3. The van der Waals surface area contributed by atoms with Crippen molar-refractivity contribution in [2.75, 3.05) is 6.61 Å². The lowest BCUT2D eigenvalue weighted by Crippen LogP contribution is -2.09. The number of carbonyl (C=O) groups excluding carboxylic acids is 1. The van der Waals surface area contributed by atoms with Crippen LogP contribution in [0.25, 0.3) is 16.8 Å². The van der Waals surface area contributed by atoms with Gasteiger partial charge in [-0.25, -0.2) is 4.79 Å². The van der Waals surface area contributed by atoms with Gasteiger partial charge in [0.2, 0.25) is 0 Å². The molecule has 0 saturated heterocycles. The molecular formula is C21H16O4. The summed E-state index contributed by atoms with van der Waals surface area (Å²) in [6.07, 6.45) is 3.34. The zero-order chi connectivity index (χ0) is 17.6. The summed E-state index contributed by atoms with van der Waals surface area (Å²) >= 11 is 0. The Balaban J connectivity index is 1.75. The molecule has 1 N–H and O–H groups in total. The van der Waals surface area contributed by atoms with Crippen LogP contribution in [0, 0.1) is 0 Å². The highest BCUT2D eigenvalue weighted by Gasteiger charge is 2.04. The van der Waals surface area contributed by atoms with E-state index in [4.69, 9.17) is 9.84 Å². The van der Waals surface area contributed by atoms with Crippen molar-refractivity contribution in [3.05, 3.63) is 83.9 Å². The van der Waals surface area contributed by atoms with Crippen molar-refractivity contribution in [3.63, 3.8) is 0 Å². The fraction of sp³-hybridized carbons (Fsp3) is 0.0476. The summed E-state index contributed by atoms with van der Waals surface area (Å²) in [5, 5.41) is 10.8. The minimum absolute atomic E-state index is 0.127. The third-order valence-electron chi connectivity index (χ3n) is 3.74. The molecule has 0 amide bonds. The van der Waals surface area contributed by atoms with Crippen LogP contribution >= 0.6 is 0 Å². The molecule has 0 radical (unpaired) electrons. The molecule has 124 valence electrons. The second-order valence-electron chi connectivity index (χ2n) is 5.47. The van der Waals surface area contributed by atoms with Crippen LogP contribution in [0.1, 0.15) is 15.9 Å². The summed E-state index contributed by atoms with van der Waals surface area (Å²) in [6.45, 7) is -0.408. The summed E-state index contributed by atoms with van der Waals surface area (Å²) < 4.78 is 5.05. The van der Waals surface area contributed by atoms with E-state index in [0.717, 1.165) is 16.3 Å². The second-order valence-corrected chi connectivity index (χ2v) is 5.47. The monoisotopic (exact) mass is 332 g/mol. The van der Waals surface area contributed by atoms with Gasteiger partial charge in [0.15, 0.2) is 12.4 Å². The maximum absolute atomic E-state index is 12.3. The van der Waals surface area contributed by atoms with Crippen LogP contribution in [0.15, 0.2) is 72.8 Å². The van der Waals surface area contributed by atoms with Crippen LogP contribution in [0.3, 0.4) is 0 Å². The third kappa shape index (κ3) is 4.12.